The van der Waals surface area contributed by atoms with Gasteiger partial charge >= 0.3 is 0 Å². The van der Waals surface area contributed by atoms with E-state index in [0.717, 1.165) is 22.0 Å². The number of pyridine rings is 1. The molecule has 4 rings (SSSR count). The predicted molar refractivity (Wildman–Crippen MR) is 93.6 cm³/mol. The maximum Gasteiger partial charge on any atom is 0.200 e. The molecule has 1 N–H and O–H groups in total. The fourth-order valence-corrected chi connectivity index (χ4v) is 2.87. The van der Waals surface area contributed by atoms with Crippen molar-refractivity contribution in [3.8, 4) is 28.7 Å². The highest BCUT2D eigenvalue weighted by atomic mass is 16.3. The first kappa shape index (κ1) is 14.4. The molecule has 0 aliphatic carbocycles. The summed E-state index contributed by atoms with van der Waals surface area (Å²) >= 11 is 0. The van der Waals surface area contributed by atoms with Gasteiger partial charge in [0.15, 0.2) is 5.82 Å². The van der Waals surface area contributed by atoms with Crippen molar-refractivity contribution >= 4 is 10.8 Å². The number of phenolic OH excluding ortho intramolecular Hbond substituents is 1. The van der Waals surface area contributed by atoms with Gasteiger partial charge in [0, 0.05) is 18.6 Å². The van der Waals surface area contributed by atoms with Gasteiger partial charge in [-0.2, -0.15) is 0 Å². The summed E-state index contributed by atoms with van der Waals surface area (Å²) in [5.74, 6) is 1.38. The number of nitrogens with zero attached hydrogens (tertiary/aromatic N) is 4. The van der Waals surface area contributed by atoms with Gasteiger partial charge in [0.25, 0.3) is 0 Å². The van der Waals surface area contributed by atoms with E-state index in [2.05, 4.69) is 15.1 Å². The fraction of sp³-hybridized carbons (Fsp3) is 0.105. The molecule has 0 fully saturated rings. The topological polar surface area (TPSA) is 63.8 Å². The number of phenols is 1. The Kier molecular flexibility index (Phi) is 3.27. The van der Waals surface area contributed by atoms with Gasteiger partial charge in [-0.15, -0.1) is 5.10 Å². The largest absolute Gasteiger partial charge is 0.507 e. The zero-order valence-electron chi connectivity index (χ0n) is 13.4. The zero-order chi connectivity index (χ0) is 16.7. The molecule has 0 aliphatic heterocycles. The number of hydrogen-bond acceptors (Lipinski definition) is 4. The quantitative estimate of drug-likeness (QED) is 0.612. The molecule has 0 saturated carbocycles. The molecule has 5 nitrogen and oxygen atoms in total. The van der Waals surface area contributed by atoms with Crippen LogP contribution in [0.4, 0.5) is 0 Å². The van der Waals surface area contributed by atoms with E-state index in [1.165, 1.54) is 0 Å². The second kappa shape index (κ2) is 5.45. The number of benzene rings is 2. The van der Waals surface area contributed by atoms with Gasteiger partial charge in [-0.05, 0) is 30.0 Å². The van der Waals surface area contributed by atoms with Crippen LogP contribution in [0.15, 0.2) is 54.7 Å². The van der Waals surface area contributed by atoms with Gasteiger partial charge < -0.3 is 5.11 Å². The number of rotatable bonds is 2. The molecule has 24 heavy (non-hydrogen) atoms. The number of aromatic hydroxyl groups is 1. The second-order valence-electron chi connectivity index (χ2n) is 5.73. The smallest absolute Gasteiger partial charge is 0.200 e. The molecule has 0 unspecified atom stereocenters. The van der Waals surface area contributed by atoms with E-state index in [9.17, 15) is 5.11 Å². The summed E-state index contributed by atoms with van der Waals surface area (Å²) < 4.78 is 1.67. The summed E-state index contributed by atoms with van der Waals surface area (Å²) in [4.78, 5) is 8.98. The van der Waals surface area contributed by atoms with E-state index in [1.807, 2.05) is 62.5 Å². The first-order chi connectivity index (χ1) is 11.6. The van der Waals surface area contributed by atoms with Crippen molar-refractivity contribution < 1.29 is 5.11 Å². The van der Waals surface area contributed by atoms with Crippen LogP contribution in [0.2, 0.25) is 0 Å². The molecule has 0 spiro atoms. The molecule has 0 saturated heterocycles. The molecular weight excluding hydrogens is 300 g/mol. The van der Waals surface area contributed by atoms with Crippen molar-refractivity contribution in [3.05, 3.63) is 60.3 Å². The molecule has 5 heteroatoms. The first-order valence-electron chi connectivity index (χ1n) is 7.69. The fourth-order valence-electron chi connectivity index (χ4n) is 2.87. The lowest BCUT2D eigenvalue weighted by Gasteiger charge is -2.07. The highest BCUT2D eigenvalue weighted by molar-refractivity contribution is 5.93. The third-order valence-electron chi connectivity index (χ3n) is 4.13. The number of aryl methyl sites for hydroxylation is 2. The maximum atomic E-state index is 10.7. The molecule has 4 aromatic rings. The van der Waals surface area contributed by atoms with Gasteiger partial charge in [-0.25, -0.2) is 9.67 Å². The highest BCUT2D eigenvalue weighted by Crippen LogP contribution is 2.35. The lowest BCUT2D eigenvalue weighted by atomic mass is 10.0. The third-order valence-corrected chi connectivity index (χ3v) is 4.13. The van der Waals surface area contributed by atoms with Crippen molar-refractivity contribution in [2.75, 3.05) is 0 Å². The molecule has 0 bridgehead atoms. The molecule has 2 aromatic carbocycles. The maximum absolute atomic E-state index is 10.7. The molecule has 2 aromatic heterocycles. The third kappa shape index (κ3) is 2.22. The van der Waals surface area contributed by atoms with E-state index in [4.69, 9.17) is 0 Å². The average Bonchev–Trinajstić information content (AvgIpc) is 2.97. The van der Waals surface area contributed by atoms with Crippen LogP contribution >= 0.6 is 0 Å². The SMILES string of the molecule is Cc1cccnc1-c1nc(-c2ccc3ccccc3c2O)n(C)n1. The Hall–Kier alpha value is -3.21. The molecule has 0 radical (unpaired) electrons. The first-order valence-corrected chi connectivity index (χ1v) is 7.69. The van der Waals surface area contributed by atoms with Crippen LogP contribution in [0.1, 0.15) is 5.56 Å². The summed E-state index contributed by atoms with van der Waals surface area (Å²) in [6.45, 7) is 1.98. The minimum Gasteiger partial charge on any atom is -0.507 e. The summed E-state index contributed by atoms with van der Waals surface area (Å²) in [7, 11) is 1.82. The molecule has 2 heterocycles. The summed E-state index contributed by atoms with van der Waals surface area (Å²) in [5.41, 5.74) is 2.42. The lowest BCUT2D eigenvalue weighted by Crippen LogP contribution is -1.95. The van der Waals surface area contributed by atoms with Crippen LogP contribution in [0.5, 0.6) is 5.75 Å². The minimum absolute atomic E-state index is 0.216. The monoisotopic (exact) mass is 316 g/mol. The van der Waals surface area contributed by atoms with Crippen LogP contribution < -0.4 is 0 Å². The average molecular weight is 316 g/mol. The normalized spacial score (nSPS) is 11.1. The Bertz CT molecular complexity index is 1050. The van der Waals surface area contributed by atoms with Crippen LogP contribution in [0, 0.1) is 6.92 Å². The van der Waals surface area contributed by atoms with Crippen molar-refractivity contribution in [1.82, 2.24) is 19.7 Å². The number of aromatic nitrogens is 4. The number of hydrogen-bond donors (Lipinski definition) is 1. The Morgan fingerprint density at radius 2 is 1.83 bits per heavy atom. The van der Waals surface area contributed by atoms with E-state index < -0.39 is 0 Å². The Morgan fingerprint density at radius 1 is 1.00 bits per heavy atom. The van der Waals surface area contributed by atoms with E-state index >= 15 is 0 Å². The van der Waals surface area contributed by atoms with Crippen molar-refractivity contribution in [3.63, 3.8) is 0 Å². The van der Waals surface area contributed by atoms with Crippen molar-refractivity contribution in [2.45, 2.75) is 6.92 Å². The van der Waals surface area contributed by atoms with Gasteiger partial charge in [0.05, 0.1) is 5.56 Å². The molecule has 0 aliphatic rings. The second-order valence-corrected chi connectivity index (χ2v) is 5.73. The zero-order valence-corrected chi connectivity index (χ0v) is 13.4. The summed E-state index contributed by atoms with van der Waals surface area (Å²) in [5, 5.41) is 16.9. The Labute approximate surface area is 139 Å². The van der Waals surface area contributed by atoms with Crippen LogP contribution in [-0.4, -0.2) is 24.9 Å². The van der Waals surface area contributed by atoms with Crippen LogP contribution in [-0.2, 0) is 7.05 Å². The molecular formula is C19H16N4O. The number of fused-ring (bicyclic) bond motifs is 1. The van der Waals surface area contributed by atoms with E-state index in [1.54, 1.807) is 10.9 Å². The molecule has 118 valence electrons. The molecule has 0 amide bonds. The standard InChI is InChI=1S/C19H16N4O/c1-12-6-5-11-20-16(12)18-21-19(23(2)22-18)15-10-9-13-7-3-4-8-14(13)17(15)24/h3-11,24H,1-2H3. The molecule has 0 atom stereocenters. The minimum atomic E-state index is 0.216. The van der Waals surface area contributed by atoms with E-state index in [-0.39, 0.29) is 5.75 Å². The van der Waals surface area contributed by atoms with Crippen molar-refractivity contribution in [1.29, 1.82) is 0 Å². The lowest BCUT2D eigenvalue weighted by molar-refractivity contribution is 0.482. The van der Waals surface area contributed by atoms with Gasteiger partial charge in [0.2, 0.25) is 5.82 Å². The van der Waals surface area contributed by atoms with Gasteiger partial charge in [0.1, 0.15) is 11.4 Å². The highest BCUT2D eigenvalue weighted by Gasteiger charge is 2.17. The summed E-state index contributed by atoms with van der Waals surface area (Å²) in [6.07, 6.45) is 1.73. The van der Waals surface area contributed by atoms with E-state index in [0.29, 0.717) is 17.2 Å². The van der Waals surface area contributed by atoms with Crippen molar-refractivity contribution in [2.24, 2.45) is 7.05 Å². The van der Waals surface area contributed by atoms with Crippen LogP contribution in [0.3, 0.4) is 0 Å². The van der Waals surface area contributed by atoms with Crippen LogP contribution in [0.25, 0.3) is 33.7 Å². The van der Waals surface area contributed by atoms with Gasteiger partial charge in [-0.1, -0.05) is 36.4 Å². The Balaban J connectivity index is 1.89. The Morgan fingerprint density at radius 3 is 2.67 bits per heavy atom. The predicted octanol–water partition coefficient (Wildman–Crippen LogP) is 3.71. The summed E-state index contributed by atoms with van der Waals surface area (Å²) in [6, 6.07) is 15.4. The van der Waals surface area contributed by atoms with Gasteiger partial charge in [-0.3, -0.25) is 4.98 Å².